The third-order valence-corrected chi connectivity index (χ3v) is 6.75. The van der Waals surface area contributed by atoms with Crippen LogP contribution in [0.1, 0.15) is 5.56 Å². The number of hydrogen-bond acceptors (Lipinski definition) is 7. The number of aryl methyl sites for hydroxylation is 1. The number of rotatable bonds is 5. The molecule has 3 rings (SSSR count). The molecule has 1 atom stereocenters. The van der Waals surface area contributed by atoms with Gasteiger partial charge in [-0.05, 0) is 31.2 Å². The summed E-state index contributed by atoms with van der Waals surface area (Å²) in [6.07, 6.45) is -0.980. The van der Waals surface area contributed by atoms with Crippen molar-refractivity contribution in [2.45, 2.75) is 28.3 Å². The fourth-order valence-electron chi connectivity index (χ4n) is 2.42. The molecule has 2 aromatic carbocycles. The van der Waals surface area contributed by atoms with Gasteiger partial charge in [-0.3, -0.25) is 4.18 Å². The Morgan fingerprint density at radius 3 is 2.24 bits per heavy atom. The summed E-state index contributed by atoms with van der Waals surface area (Å²) >= 11 is 0. The third kappa shape index (κ3) is 4.49. The molecule has 2 aromatic rings. The van der Waals surface area contributed by atoms with Gasteiger partial charge in [0.15, 0.2) is 17.6 Å². The molecule has 1 aliphatic rings. The largest absolute Gasteiger partial charge is 0.501 e. The van der Waals surface area contributed by atoms with Gasteiger partial charge in [-0.15, -0.1) is 0 Å². The fraction of sp³-hybridized carbons (Fsp3) is 0.294. The number of ether oxygens (including phenoxy) is 2. The van der Waals surface area contributed by atoms with E-state index in [1.807, 2.05) is 0 Å². The average molecular weight is 452 g/mol. The Balaban J connectivity index is 1.74. The van der Waals surface area contributed by atoms with Crippen LogP contribution in [0.4, 0.5) is 13.2 Å². The normalized spacial score (nSPS) is 17.2. The number of alkyl halides is 3. The summed E-state index contributed by atoms with van der Waals surface area (Å²) < 4.78 is 101. The molecular weight excluding hydrogens is 437 g/mol. The summed E-state index contributed by atoms with van der Waals surface area (Å²) in [6.45, 7) is 1.17. The molecule has 12 heteroatoms. The summed E-state index contributed by atoms with van der Waals surface area (Å²) in [7, 11) is -9.65. The van der Waals surface area contributed by atoms with E-state index in [2.05, 4.69) is 0 Å². The van der Waals surface area contributed by atoms with Crippen molar-refractivity contribution in [3.8, 4) is 11.5 Å². The highest BCUT2D eigenvalue weighted by Crippen LogP contribution is 2.38. The number of hydrogen-bond donors (Lipinski definition) is 0. The first-order chi connectivity index (χ1) is 13.4. The predicted molar refractivity (Wildman–Crippen MR) is 93.9 cm³/mol. The molecule has 0 N–H and O–H groups in total. The number of benzene rings is 2. The van der Waals surface area contributed by atoms with E-state index in [9.17, 15) is 30.0 Å². The van der Waals surface area contributed by atoms with E-state index in [1.165, 1.54) is 12.1 Å². The van der Waals surface area contributed by atoms with Crippen LogP contribution in [0.5, 0.6) is 11.5 Å². The number of sulfone groups is 1. The minimum absolute atomic E-state index is 0.0313. The van der Waals surface area contributed by atoms with Gasteiger partial charge in [-0.2, -0.15) is 21.6 Å². The van der Waals surface area contributed by atoms with Crippen LogP contribution in [-0.2, 0) is 24.1 Å². The summed E-state index contributed by atoms with van der Waals surface area (Å²) in [5, 5.41) is 0. The Morgan fingerprint density at radius 1 is 1.00 bits per heavy atom. The highest BCUT2D eigenvalue weighted by atomic mass is 32.2. The SMILES string of the molecule is Cc1ccc(S(=O)(=O)OC[C@H]2COc3ccc(S(=O)(=O)C(F)(F)F)cc3O2)cc1. The van der Waals surface area contributed by atoms with E-state index < -0.39 is 43.1 Å². The molecule has 0 radical (unpaired) electrons. The van der Waals surface area contributed by atoms with Gasteiger partial charge in [0.1, 0.15) is 13.2 Å². The Bertz CT molecular complexity index is 1110. The van der Waals surface area contributed by atoms with Crippen LogP contribution in [0, 0.1) is 6.92 Å². The first-order valence-electron chi connectivity index (χ1n) is 8.11. The molecule has 1 aliphatic heterocycles. The van der Waals surface area contributed by atoms with E-state index in [1.54, 1.807) is 19.1 Å². The standard InChI is InChI=1S/C17H15F3O7S2/c1-11-2-4-13(5-3-11)29(23,24)26-10-12-9-25-15-7-6-14(8-16(15)27-12)28(21,22)17(18,19)20/h2-8,12H,9-10H2,1H3/t12-/m1/s1. The number of fused-ring (bicyclic) bond motifs is 1. The van der Waals surface area contributed by atoms with Crippen LogP contribution in [0.2, 0.25) is 0 Å². The molecule has 0 spiro atoms. The summed E-state index contributed by atoms with van der Waals surface area (Å²) in [5.74, 6) is -0.230. The maximum absolute atomic E-state index is 12.7. The van der Waals surface area contributed by atoms with E-state index in [4.69, 9.17) is 13.7 Å². The second-order valence-electron chi connectivity index (χ2n) is 6.16. The Labute approximate surface area is 165 Å². The highest BCUT2D eigenvalue weighted by Gasteiger charge is 2.47. The molecule has 0 saturated heterocycles. The minimum atomic E-state index is -5.57. The van der Waals surface area contributed by atoms with Gasteiger partial charge in [0.25, 0.3) is 20.0 Å². The van der Waals surface area contributed by atoms with Gasteiger partial charge in [0.2, 0.25) is 0 Å². The highest BCUT2D eigenvalue weighted by molar-refractivity contribution is 7.92. The fourth-order valence-corrected chi connectivity index (χ4v) is 4.13. The molecule has 29 heavy (non-hydrogen) atoms. The Morgan fingerprint density at radius 2 is 1.62 bits per heavy atom. The van der Waals surface area contributed by atoms with Crippen LogP contribution in [0.3, 0.4) is 0 Å². The average Bonchev–Trinajstić information content (AvgIpc) is 2.65. The molecular formula is C17H15F3O7S2. The lowest BCUT2D eigenvalue weighted by Crippen LogP contribution is -2.34. The van der Waals surface area contributed by atoms with Crippen molar-refractivity contribution in [1.29, 1.82) is 0 Å². The predicted octanol–water partition coefficient (Wildman–Crippen LogP) is 2.83. The molecule has 0 amide bonds. The monoisotopic (exact) mass is 452 g/mol. The van der Waals surface area contributed by atoms with Crippen molar-refractivity contribution in [3.63, 3.8) is 0 Å². The Kier molecular flexibility index (Phi) is 5.54. The van der Waals surface area contributed by atoms with E-state index in [-0.39, 0.29) is 23.0 Å². The zero-order chi connectivity index (χ0) is 21.4. The van der Waals surface area contributed by atoms with Gasteiger partial charge in [-0.1, -0.05) is 17.7 Å². The first-order valence-corrected chi connectivity index (χ1v) is 11.0. The molecule has 0 aromatic heterocycles. The molecule has 7 nitrogen and oxygen atoms in total. The van der Waals surface area contributed by atoms with Crippen LogP contribution in [0.25, 0.3) is 0 Å². The summed E-state index contributed by atoms with van der Waals surface area (Å²) in [5.41, 5.74) is -4.62. The first kappa shape index (κ1) is 21.4. The minimum Gasteiger partial charge on any atom is -0.486 e. The summed E-state index contributed by atoms with van der Waals surface area (Å²) in [4.78, 5) is -1.08. The molecule has 0 bridgehead atoms. The lowest BCUT2D eigenvalue weighted by molar-refractivity contribution is -0.0436. The van der Waals surface area contributed by atoms with Crippen molar-refractivity contribution in [2.24, 2.45) is 0 Å². The van der Waals surface area contributed by atoms with Gasteiger partial charge < -0.3 is 9.47 Å². The molecule has 158 valence electrons. The second kappa shape index (κ2) is 7.50. The van der Waals surface area contributed by atoms with E-state index in [0.29, 0.717) is 6.07 Å². The van der Waals surface area contributed by atoms with E-state index >= 15 is 0 Å². The van der Waals surface area contributed by atoms with Crippen LogP contribution in [0.15, 0.2) is 52.3 Å². The lowest BCUT2D eigenvalue weighted by Gasteiger charge is -2.26. The molecule has 1 heterocycles. The van der Waals surface area contributed by atoms with Crippen molar-refractivity contribution in [2.75, 3.05) is 13.2 Å². The third-order valence-electron chi connectivity index (χ3n) is 3.97. The van der Waals surface area contributed by atoms with Crippen molar-refractivity contribution >= 4 is 20.0 Å². The van der Waals surface area contributed by atoms with Gasteiger partial charge in [0.05, 0.1) is 9.79 Å². The topological polar surface area (TPSA) is 96.0 Å². The maximum atomic E-state index is 12.7. The summed E-state index contributed by atoms with van der Waals surface area (Å²) in [6, 6.07) is 8.39. The maximum Gasteiger partial charge on any atom is 0.501 e. The molecule has 0 aliphatic carbocycles. The van der Waals surface area contributed by atoms with Crippen molar-refractivity contribution in [1.82, 2.24) is 0 Å². The molecule has 0 fully saturated rings. The molecule has 0 saturated carbocycles. The van der Waals surface area contributed by atoms with Gasteiger partial charge >= 0.3 is 5.51 Å². The van der Waals surface area contributed by atoms with Gasteiger partial charge in [0, 0.05) is 6.07 Å². The second-order valence-corrected chi connectivity index (χ2v) is 9.72. The molecule has 0 unspecified atom stereocenters. The lowest BCUT2D eigenvalue weighted by atomic mass is 10.2. The smallest absolute Gasteiger partial charge is 0.486 e. The quantitative estimate of drug-likeness (QED) is 0.644. The zero-order valence-corrected chi connectivity index (χ0v) is 16.5. The van der Waals surface area contributed by atoms with Crippen molar-refractivity contribution < 1.29 is 43.7 Å². The van der Waals surface area contributed by atoms with Gasteiger partial charge in [-0.25, -0.2) is 8.42 Å². The zero-order valence-electron chi connectivity index (χ0n) is 14.8. The van der Waals surface area contributed by atoms with Crippen LogP contribution < -0.4 is 9.47 Å². The number of halogens is 3. The van der Waals surface area contributed by atoms with Crippen molar-refractivity contribution in [3.05, 3.63) is 48.0 Å². The van der Waals surface area contributed by atoms with Crippen LogP contribution >= 0.6 is 0 Å². The van der Waals surface area contributed by atoms with Crippen LogP contribution in [-0.4, -0.2) is 41.7 Å². The Hall–Kier alpha value is -2.31. The van der Waals surface area contributed by atoms with E-state index in [0.717, 1.165) is 17.7 Å².